The Morgan fingerprint density at radius 3 is 2.28 bits per heavy atom. The van der Waals surface area contributed by atoms with E-state index in [1.807, 2.05) is 31.2 Å². The monoisotopic (exact) mass is 455 g/mol. The second-order valence-corrected chi connectivity index (χ2v) is 6.68. The van der Waals surface area contributed by atoms with E-state index in [2.05, 4.69) is 53.1 Å². The van der Waals surface area contributed by atoms with Crippen LogP contribution in [0.25, 0.3) is 0 Å². The zero-order chi connectivity index (χ0) is 13.3. The summed E-state index contributed by atoms with van der Waals surface area (Å²) in [7, 11) is 0. The van der Waals surface area contributed by atoms with Gasteiger partial charge in [0.2, 0.25) is 0 Å². The third-order valence-corrected chi connectivity index (χ3v) is 4.28. The highest BCUT2D eigenvalue weighted by Gasteiger charge is 2.14. The number of hydrogen-bond acceptors (Lipinski definition) is 2. The van der Waals surface area contributed by atoms with Crippen LogP contribution in [0.1, 0.15) is 18.7 Å². The molecule has 0 aliphatic carbocycles. The van der Waals surface area contributed by atoms with Crippen LogP contribution in [0.15, 0.2) is 42.3 Å². The molecular formula is C12H9Br3ClNO. The predicted octanol–water partition coefficient (Wildman–Crippen LogP) is 6.39. The third-order valence-electron chi connectivity index (χ3n) is 2.39. The van der Waals surface area contributed by atoms with Crippen molar-refractivity contribution in [1.82, 2.24) is 0 Å². The van der Waals surface area contributed by atoms with Crippen molar-refractivity contribution >= 4 is 65.1 Å². The Morgan fingerprint density at radius 2 is 1.78 bits per heavy atom. The van der Waals surface area contributed by atoms with Gasteiger partial charge in [0, 0.05) is 14.0 Å². The predicted molar refractivity (Wildman–Crippen MR) is 85.3 cm³/mol. The van der Waals surface area contributed by atoms with Gasteiger partial charge in [-0.05, 0) is 79.0 Å². The molecule has 0 spiro atoms. The minimum Gasteiger partial charge on any atom is -0.452 e. The SMILES string of the molecule is CC(Nc1c(Br)cc(Cl)cc1Br)c1ccc(Br)o1. The zero-order valence-electron chi connectivity index (χ0n) is 9.31. The highest BCUT2D eigenvalue weighted by molar-refractivity contribution is 9.11. The molecule has 0 saturated heterocycles. The molecule has 0 radical (unpaired) electrons. The van der Waals surface area contributed by atoms with Crippen LogP contribution >= 0.6 is 59.4 Å². The normalized spacial score (nSPS) is 12.5. The lowest BCUT2D eigenvalue weighted by Gasteiger charge is -2.16. The van der Waals surface area contributed by atoms with E-state index in [4.69, 9.17) is 16.0 Å². The summed E-state index contributed by atoms with van der Waals surface area (Å²) < 4.78 is 8.05. The maximum atomic E-state index is 5.97. The molecule has 0 saturated carbocycles. The Balaban J connectivity index is 2.24. The maximum absolute atomic E-state index is 5.97. The lowest BCUT2D eigenvalue weighted by atomic mass is 10.2. The van der Waals surface area contributed by atoms with Gasteiger partial charge in [-0.15, -0.1) is 0 Å². The average molecular weight is 458 g/mol. The molecule has 1 aromatic carbocycles. The van der Waals surface area contributed by atoms with E-state index >= 15 is 0 Å². The minimum absolute atomic E-state index is 0.0464. The largest absolute Gasteiger partial charge is 0.452 e. The molecule has 6 heteroatoms. The Hall–Kier alpha value is 0.0300. The first-order valence-electron chi connectivity index (χ1n) is 5.13. The molecule has 2 aromatic rings. The minimum atomic E-state index is 0.0464. The molecule has 1 aromatic heterocycles. The molecule has 1 N–H and O–H groups in total. The fourth-order valence-corrected chi connectivity index (χ4v) is 3.74. The van der Waals surface area contributed by atoms with Gasteiger partial charge >= 0.3 is 0 Å². The number of furan rings is 1. The Kier molecular flexibility index (Phi) is 4.80. The smallest absolute Gasteiger partial charge is 0.169 e. The van der Waals surface area contributed by atoms with E-state index in [0.29, 0.717) is 5.02 Å². The van der Waals surface area contributed by atoms with Crippen molar-refractivity contribution in [3.8, 4) is 0 Å². The van der Waals surface area contributed by atoms with E-state index < -0.39 is 0 Å². The molecule has 0 aliphatic rings. The van der Waals surface area contributed by atoms with Gasteiger partial charge < -0.3 is 9.73 Å². The maximum Gasteiger partial charge on any atom is 0.169 e. The van der Waals surface area contributed by atoms with Gasteiger partial charge in [0.1, 0.15) is 5.76 Å². The van der Waals surface area contributed by atoms with Gasteiger partial charge in [-0.1, -0.05) is 11.6 Å². The summed E-state index contributed by atoms with van der Waals surface area (Å²) in [5.74, 6) is 0.857. The molecular weight excluding hydrogens is 449 g/mol. The molecule has 1 atom stereocenters. The van der Waals surface area contributed by atoms with Gasteiger partial charge in [-0.2, -0.15) is 0 Å². The van der Waals surface area contributed by atoms with E-state index in [1.165, 1.54) is 0 Å². The van der Waals surface area contributed by atoms with Crippen molar-refractivity contribution in [2.24, 2.45) is 0 Å². The first kappa shape index (κ1) is 14.4. The second kappa shape index (κ2) is 5.99. The van der Waals surface area contributed by atoms with Crippen molar-refractivity contribution in [3.63, 3.8) is 0 Å². The quantitative estimate of drug-likeness (QED) is 0.577. The lowest BCUT2D eigenvalue weighted by molar-refractivity contribution is 0.471. The number of hydrogen-bond donors (Lipinski definition) is 1. The summed E-state index contributed by atoms with van der Waals surface area (Å²) in [5, 5.41) is 4.04. The van der Waals surface area contributed by atoms with Crippen LogP contribution < -0.4 is 5.32 Å². The van der Waals surface area contributed by atoms with Crippen molar-refractivity contribution in [3.05, 3.63) is 48.7 Å². The lowest BCUT2D eigenvalue weighted by Crippen LogP contribution is -2.06. The molecule has 1 unspecified atom stereocenters. The molecule has 0 aliphatic heterocycles. The van der Waals surface area contributed by atoms with Crippen molar-refractivity contribution in [2.45, 2.75) is 13.0 Å². The van der Waals surface area contributed by atoms with E-state index in [-0.39, 0.29) is 6.04 Å². The number of anilines is 1. The summed E-state index contributed by atoms with van der Waals surface area (Å²) in [6.45, 7) is 2.03. The van der Waals surface area contributed by atoms with Crippen molar-refractivity contribution in [2.75, 3.05) is 5.32 Å². The van der Waals surface area contributed by atoms with Gasteiger partial charge in [0.15, 0.2) is 4.67 Å². The highest BCUT2D eigenvalue weighted by Crippen LogP contribution is 2.36. The summed E-state index contributed by atoms with van der Waals surface area (Å²) in [4.78, 5) is 0. The number of nitrogens with one attached hydrogen (secondary N) is 1. The van der Waals surface area contributed by atoms with Crippen LogP contribution in [0.3, 0.4) is 0 Å². The molecule has 2 rings (SSSR count). The van der Waals surface area contributed by atoms with Crippen molar-refractivity contribution in [1.29, 1.82) is 0 Å². The summed E-state index contributed by atoms with van der Waals surface area (Å²) >= 11 is 16.2. The fourth-order valence-electron chi connectivity index (χ4n) is 1.53. The van der Waals surface area contributed by atoms with Crippen LogP contribution in [0.4, 0.5) is 5.69 Å². The van der Waals surface area contributed by atoms with E-state index in [1.54, 1.807) is 0 Å². The van der Waals surface area contributed by atoms with Gasteiger partial charge in [0.25, 0.3) is 0 Å². The summed E-state index contributed by atoms with van der Waals surface area (Å²) in [6, 6.07) is 7.54. The Bertz CT molecular complexity index is 547. The standard InChI is InChI=1S/C12H9Br3ClNO/c1-6(10-2-3-11(15)18-10)17-12-8(13)4-7(16)5-9(12)14/h2-6,17H,1H3. The van der Waals surface area contributed by atoms with E-state index in [0.717, 1.165) is 25.1 Å². The van der Waals surface area contributed by atoms with Crippen LogP contribution in [0.2, 0.25) is 5.02 Å². The molecule has 18 heavy (non-hydrogen) atoms. The summed E-state index contributed by atoms with van der Waals surface area (Å²) in [5.41, 5.74) is 0.944. The zero-order valence-corrected chi connectivity index (χ0v) is 14.8. The third kappa shape index (κ3) is 3.32. The van der Waals surface area contributed by atoms with Crippen LogP contribution in [0.5, 0.6) is 0 Å². The molecule has 1 heterocycles. The molecule has 96 valence electrons. The number of benzene rings is 1. The fraction of sp³-hybridized carbons (Fsp3) is 0.167. The average Bonchev–Trinajstić information content (AvgIpc) is 2.70. The molecule has 0 fully saturated rings. The highest BCUT2D eigenvalue weighted by atomic mass is 79.9. The Morgan fingerprint density at radius 1 is 1.17 bits per heavy atom. The van der Waals surface area contributed by atoms with E-state index in [9.17, 15) is 0 Å². The van der Waals surface area contributed by atoms with Crippen LogP contribution in [0, 0.1) is 0 Å². The number of halogens is 4. The summed E-state index contributed by atoms with van der Waals surface area (Å²) in [6.07, 6.45) is 0. The number of rotatable bonds is 3. The molecule has 0 amide bonds. The van der Waals surface area contributed by atoms with Gasteiger partial charge in [0.05, 0.1) is 11.7 Å². The first-order valence-corrected chi connectivity index (χ1v) is 7.89. The van der Waals surface area contributed by atoms with Crippen molar-refractivity contribution < 1.29 is 4.42 Å². The van der Waals surface area contributed by atoms with Gasteiger partial charge in [-0.25, -0.2) is 0 Å². The van der Waals surface area contributed by atoms with Crippen LogP contribution in [-0.4, -0.2) is 0 Å². The van der Waals surface area contributed by atoms with Gasteiger partial charge in [-0.3, -0.25) is 0 Å². The first-order chi connectivity index (χ1) is 8.47. The Labute approximate surface area is 135 Å². The molecule has 2 nitrogen and oxygen atoms in total. The molecule has 0 bridgehead atoms. The van der Waals surface area contributed by atoms with Crippen LogP contribution in [-0.2, 0) is 0 Å². The second-order valence-electron chi connectivity index (χ2n) is 3.75. The topological polar surface area (TPSA) is 25.2 Å².